The lowest BCUT2D eigenvalue weighted by atomic mass is 9.97. The molecular weight excluding hydrogens is 358 g/mol. The summed E-state index contributed by atoms with van der Waals surface area (Å²) in [5.41, 5.74) is 1.02. The normalized spacial score (nSPS) is 15.3. The lowest BCUT2D eigenvalue weighted by molar-refractivity contribution is -0.143. The number of piperidine rings is 1. The Balaban J connectivity index is 1.43. The van der Waals surface area contributed by atoms with Gasteiger partial charge in [-0.25, -0.2) is 9.78 Å². The second-order valence-corrected chi connectivity index (χ2v) is 8.33. The first-order valence-corrected chi connectivity index (χ1v) is 9.99. The van der Waals surface area contributed by atoms with Crippen molar-refractivity contribution < 1.29 is 14.7 Å². The van der Waals surface area contributed by atoms with Gasteiger partial charge >= 0.3 is 12.0 Å². The minimum Gasteiger partial charge on any atom is -0.481 e. The maximum absolute atomic E-state index is 12.2. The monoisotopic (exact) mass is 379 g/mol. The number of rotatable bonds is 5. The molecule has 3 rings (SSSR count). The number of carboxylic acid groups (broad SMARTS) is 1. The highest BCUT2D eigenvalue weighted by atomic mass is 32.1. The van der Waals surface area contributed by atoms with Crippen molar-refractivity contribution in [3.63, 3.8) is 0 Å². The van der Waals surface area contributed by atoms with Crippen molar-refractivity contribution >= 4 is 34.7 Å². The molecule has 2 N–H and O–H groups in total. The van der Waals surface area contributed by atoms with Crippen LogP contribution in [0.25, 0.3) is 10.6 Å². The number of aliphatic carboxylic acids is 1. The molecule has 0 aliphatic carbocycles. The fourth-order valence-corrected chi connectivity index (χ4v) is 4.52. The van der Waals surface area contributed by atoms with E-state index in [9.17, 15) is 9.59 Å². The lowest BCUT2D eigenvalue weighted by Gasteiger charge is -2.30. The Bertz CT molecular complexity index is 748. The Kier molecular flexibility index (Phi) is 5.70. The molecule has 25 heavy (non-hydrogen) atoms. The van der Waals surface area contributed by atoms with Crippen LogP contribution in [0.2, 0.25) is 0 Å². The van der Waals surface area contributed by atoms with Crippen LogP contribution in [0, 0.1) is 12.8 Å². The number of nitrogens with one attached hydrogen (secondary N) is 1. The van der Waals surface area contributed by atoms with Crippen LogP contribution in [-0.2, 0) is 11.2 Å². The third kappa shape index (κ3) is 4.58. The minimum absolute atomic E-state index is 0.101. The summed E-state index contributed by atoms with van der Waals surface area (Å²) in [5.74, 6) is -1.08. The molecule has 0 saturated carbocycles. The number of carbonyl (C=O) groups excluding carboxylic acids is 1. The molecular formula is C17H21N3O3S2. The SMILES string of the molecule is Cc1nc(-c2ccc(CCNC(=O)N3CCC(C(=O)O)CC3)s2)cs1. The number of thiophene rings is 1. The molecule has 0 atom stereocenters. The fraction of sp³-hybridized carbons (Fsp3) is 0.471. The van der Waals surface area contributed by atoms with Crippen LogP contribution in [0.15, 0.2) is 17.5 Å². The predicted octanol–water partition coefficient (Wildman–Crippen LogP) is 3.23. The number of likely N-dealkylation sites (tertiary alicyclic amines) is 1. The van der Waals surface area contributed by atoms with E-state index in [1.807, 2.05) is 6.92 Å². The number of carbonyl (C=O) groups is 2. The third-order valence-electron chi connectivity index (χ3n) is 4.31. The van der Waals surface area contributed by atoms with Crippen LogP contribution in [-0.4, -0.2) is 46.6 Å². The number of urea groups is 1. The van der Waals surface area contributed by atoms with Crippen LogP contribution >= 0.6 is 22.7 Å². The average Bonchev–Trinajstić information content (AvgIpc) is 3.23. The average molecular weight is 380 g/mol. The van der Waals surface area contributed by atoms with Gasteiger partial charge in [-0.15, -0.1) is 22.7 Å². The molecule has 1 aliphatic rings. The van der Waals surface area contributed by atoms with Gasteiger partial charge in [0.1, 0.15) is 0 Å². The van der Waals surface area contributed by atoms with E-state index >= 15 is 0 Å². The van der Waals surface area contributed by atoms with Crippen molar-refractivity contribution in [2.75, 3.05) is 19.6 Å². The maximum Gasteiger partial charge on any atom is 0.317 e. The van der Waals surface area contributed by atoms with E-state index in [1.165, 1.54) is 4.88 Å². The Morgan fingerprint density at radius 2 is 2.12 bits per heavy atom. The number of amides is 2. The summed E-state index contributed by atoms with van der Waals surface area (Å²) in [6.07, 6.45) is 1.85. The highest BCUT2D eigenvalue weighted by molar-refractivity contribution is 7.16. The van der Waals surface area contributed by atoms with E-state index in [0.29, 0.717) is 32.5 Å². The fourth-order valence-electron chi connectivity index (χ4n) is 2.86. The number of carboxylic acids is 1. The predicted molar refractivity (Wildman–Crippen MR) is 99.2 cm³/mol. The Hall–Kier alpha value is -1.93. The summed E-state index contributed by atoms with van der Waals surface area (Å²) in [6, 6.07) is 4.06. The van der Waals surface area contributed by atoms with E-state index in [-0.39, 0.29) is 11.9 Å². The molecule has 2 aromatic heterocycles. The van der Waals surface area contributed by atoms with Crippen molar-refractivity contribution in [2.24, 2.45) is 5.92 Å². The Morgan fingerprint density at radius 3 is 2.76 bits per heavy atom. The van der Waals surface area contributed by atoms with Gasteiger partial charge in [0.25, 0.3) is 0 Å². The molecule has 0 spiro atoms. The molecule has 1 fully saturated rings. The zero-order valence-electron chi connectivity index (χ0n) is 14.0. The number of thiazole rings is 1. The van der Waals surface area contributed by atoms with E-state index in [1.54, 1.807) is 27.6 Å². The summed E-state index contributed by atoms with van der Waals surface area (Å²) < 4.78 is 0. The van der Waals surface area contributed by atoms with Crippen molar-refractivity contribution in [1.29, 1.82) is 0 Å². The van der Waals surface area contributed by atoms with Crippen LogP contribution < -0.4 is 5.32 Å². The zero-order valence-corrected chi connectivity index (χ0v) is 15.7. The molecule has 0 bridgehead atoms. The molecule has 1 saturated heterocycles. The van der Waals surface area contributed by atoms with E-state index in [2.05, 4.69) is 27.8 Å². The Morgan fingerprint density at radius 1 is 1.36 bits per heavy atom. The van der Waals surface area contributed by atoms with Gasteiger partial charge in [0.2, 0.25) is 0 Å². The smallest absolute Gasteiger partial charge is 0.317 e. The molecule has 8 heteroatoms. The quantitative estimate of drug-likeness (QED) is 0.836. The number of hydrogen-bond acceptors (Lipinski definition) is 5. The number of aryl methyl sites for hydroxylation is 1. The molecule has 6 nitrogen and oxygen atoms in total. The van der Waals surface area contributed by atoms with E-state index < -0.39 is 5.97 Å². The molecule has 2 amide bonds. The van der Waals surface area contributed by atoms with Gasteiger partial charge < -0.3 is 15.3 Å². The summed E-state index contributed by atoms with van der Waals surface area (Å²) in [7, 11) is 0. The van der Waals surface area contributed by atoms with Crippen molar-refractivity contribution in [1.82, 2.24) is 15.2 Å². The second kappa shape index (κ2) is 7.97. The van der Waals surface area contributed by atoms with E-state index in [4.69, 9.17) is 5.11 Å². The maximum atomic E-state index is 12.2. The Labute approximate surface area is 154 Å². The second-order valence-electron chi connectivity index (χ2n) is 6.10. The first-order valence-electron chi connectivity index (χ1n) is 8.29. The molecule has 1 aliphatic heterocycles. The summed E-state index contributed by atoms with van der Waals surface area (Å²) in [6.45, 7) is 3.59. The molecule has 0 radical (unpaired) electrons. The third-order valence-corrected chi connectivity index (χ3v) is 6.25. The van der Waals surface area contributed by atoms with Crippen molar-refractivity contribution in [3.8, 4) is 10.6 Å². The van der Waals surface area contributed by atoms with Crippen LogP contribution in [0.3, 0.4) is 0 Å². The standard InChI is InChI=1S/C17H21N3O3S2/c1-11-19-14(10-24-11)15-3-2-13(25-15)4-7-18-17(23)20-8-5-12(6-9-20)16(21)22/h2-3,10,12H,4-9H2,1H3,(H,18,23)(H,21,22). The zero-order chi connectivity index (χ0) is 17.8. The number of nitrogens with zero attached hydrogens (tertiary/aromatic N) is 2. The number of hydrogen-bond donors (Lipinski definition) is 2. The van der Waals surface area contributed by atoms with Gasteiger partial charge in [-0.1, -0.05) is 0 Å². The van der Waals surface area contributed by atoms with Gasteiger partial charge in [-0.3, -0.25) is 4.79 Å². The largest absolute Gasteiger partial charge is 0.481 e. The highest BCUT2D eigenvalue weighted by Crippen LogP contribution is 2.29. The van der Waals surface area contributed by atoms with Crippen LogP contribution in [0.1, 0.15) is 22.7 Å². The van der Waals surface area contributed by atoms with Gasteiger partial charge in [-0.2, -0.15) is 0 Å². The topological polar surface area (TPSA) is 82.5 Å². The molecule has 0 aromatic carbocycles. The highest BCUT2D eigenvalue weighted by Gasteiger charge is 2.26. The molecule has 2 aromatic rings. The van der Waals surface area contributed by atoms with Gasteiger partial charge in [-0.05, 0) is 38.3 Å². The van der Waals surface area contributed by atoms with Gasteiger partial charge in [0, 0.05) is 29.9 Å². The van der Waals surface area contributed by atoms with Gasteiger partial charge in [0.15, 0.2) is 0 Å². The van der Waals surface area contributed by atoms with Crippen LogP contribution in [0.4, 0.5) is 4.79 Å². The summed E-state index contributed by atoms with van der Waals surface area (Å²) in [5, 5.41) is 15.0. The van der Waals surface area contributed by atoms with Gasteiger partial charge in [0.05, 0.1) is 21.5 Å². The molecule has 3 heterocycles. The first kappa shape index (κ1) is 17.9. The first-order chi connectivity index (χ1) is 12.0. The summed E-state index contributed by atoms with van der Waals surface area (Å²) in [4.78, 5) is 31.7. The van der Waals surface area contributed by atoms with Crippen LogP contribution in [0.5, 0.6) is 0 Å². The van der Waals surface area contributed by atoms with Crippen molar-refractivity contribution in [3.05, 3.63) is 27.4 Å². The molecule has 134 valence electrons. The van der Waals surface area contributed by atoms with Crippen molar-refractivity contribution in [2.45, 2.75) is 26.2 Å². The minimum atomic E-state index is -0.760. The summed E-state index contributed by atoms with van der Waals surface area (Å²) >= 11 is 3.35. The lowest BCUT2D eigenvalue weighted by Crippen LogP contribution is -2.45. The van der Waals surface area contributed by atoms with E-state index in [0.717, 1.165) is 22.0 Å². The number of aromatic nitrogens is 1. The molecule has 0 unspecified atom stereocenters.